The molecule has 0 saturated carbocycles. The lowest BCUT2D eigenvalue weighted by atomic mass is 9.92. The highest BCUT2D eigenvalue weighted by molar-refractivity contribution is 5.80. The van der Waals surface area contributed by atoms with Crippen molar-refractivity contribution in [2.45, 2.75) is 13.0 Å². The highest BCUT2D eigenvalue weighted by atomic mass is 16.5. The Morgan fingerprint density at radius 1 is 1.06 bits per heavy atom. The smallest absolute Gasteiger partial charge is 0.224 e. The van der Waals surface area contributed by atoms with E-state index in [0.29, 0.717) is 26.1 Å². The molecule has 6 nitrogen and oxygen atoms in total. The number of aromatic nitrogens is 1. The normalized spacial score (nSPS) is 16.8. The molecule has 166 valence electrons. The summed E-state index contributed by atoms with van der Waals surface area (Å²) in [5.41, 5.74) is 4.43. The Kier molecular flexibility index (Phi) is 7.02. The highest BCUT2D eigenvalue weighted by Gasteiger charge is 2.26. The third-order valence-corrected chi connectivity index (χ3v) is 5.92. The van der Waals surface area contributed by atoms with Crippen LogP contribution in [0, 0.1) is 5.92 Å². The van der Waals surface area contributed by atoms with Gasteiger partial charge in [-0.05, 0) is 29.7 Å². The van der Waals surface area contributed by atoms with E-state index in [4.69, 9.17) is 9.47 Å². The Bertz CT molecular complexity index is 1060. The molecule has 1 atom stereocenters. The molecule has 6 heteroatoms. The van der Waals surface area contributed by atoms with Crippen molar-refractivity contribution in [3.05, 3.63) is 78.1 Å². The Morgan fingerprint density at radius 3 is 2.72 bits per heavy atom. The lowest BCUT2D eigenvalue weighted by Crippen LogP contribution is -2.33. The second kappa shape index (κ2) is 10.3. The topological polar surface area (TPSA) is 63.7 Å². The van der Waals surface area contributed by atoms with Gasteiger partial charge in [-0.1, -0.05) is 36.4 Å². The van der Waals surface area contributed by atoms with Gasteiger partial charge in [-0.15, -0.1) is 0 Å². The zero-order valence-corrected chi connectivity index (χ0v) is 18.6. The van der Waals surface area contributed by atoms with Crippen LogP contribution in [0.3, 0.4) is 0 Å². The Morgan fingerprint density at radius 2 is 1.94 bits per heavy atom. The van der Waals surface area contributed by atoms with Crippen LogP contribution in [-0.2, 0) is 17.8 Å². The minimum atomic E-state index is -0.139. The van der Waals surface area contributed by atoms with Crippen molar-refractivity contribution in [1.29, 1.82) is 0 Å². The molecule has 1 fully saturated rings. The number of ether oxygens (including phenoxy) is 2. The van der Waals surface area contributed by atoms with E-state index in [0.717, 1.165) is 40.3 Å². The number of hydrogen-bond donors (Lipinski definition) is 1. The van der Waals surface area contributed by atoms with Crippen LogP contribution in [0.25, 0.3) is 11.1 Å². The molecule has 2 aromatic carbocycles. The standard InChI is InChI=1S/C26H29N3O3/c1-31-23-10-9-21(25(15-23)32-2)17-29-13-12-28-26(30)22(18-29)14-19-6-3-4-8-24(19)20-7-5-11-27-16-20/h3-11,15-16,22H,12-14,17-18H2,1-2H3,(H,28,30). The third kappa shape index (κ3) is 5.08. The first kappa shape index (κ1) is 21.8. The number of amides is 1. The Hall–Kier alpha value is -3.38. The van der Waals surface area contributed by atoms with Gasteiger partial charge in [0.05, 0.1) is 20.1 Å². The van der Waals surface area contributed by atoms with Crippen molar-refractivity contribution in [3.8, 4) is 22.6 Å². The zero-order valence-electron chi connectivity index (χ0n) is 18.6. The number of carbonyl (C=O) groups is 1. The van der Waals surface area contributed by atoms with Gasteiger partial charge < -0.3 is 14.8 Å². The van der Waals surface area contributed by atoms with E-state index in [1.165, 1.54) is 0 Å². The summed E-state index contributed by atoms with van der Waals surface area (Å²) in [6.07, 6.45) is 4.32. The van der Waals surface area contributed by atoms with E-state index in [2.05, 4.69) is 33.4 Å². The van der Waals surface area contributed by atoms with Crippen molar-refractivity contribution in [2.75, 3.05) is 33.9 Å². The summed E-state index contributed by atoms with van der Waals surface area (Å²) < 4.78 is 10.9. The molecule has 1 unspecified atom stereocenters. The molecule has 0 aliphatic carbocycles. The molecular weight excluding hydrogens is 402 g/mol. The van der Waals surface area contributed by atoms with Crippen LogP contribution < -0.4 is 14.8 Å². The molecule has 1 aliphatic heterocycles. The van der Waals surface area contributed by atoms with Gasteiger partial charge in [0.25, 0.3) is 0 Å². The first-order chi connectivity index (χ1) is 15.7. The maximum Gasteiger partial charge on any atom is 0.224 e. The zero-order chi connectivity index (χ0) is 22.3. The number of rotatable bonds is 7. The molecule has 0 bridgehead atoms. The van der Waals surface area contributed by atoms with E-state index in [1.54, 1.807) is 20.4 Å². The lowest BCUT2D eigenvalue weighted by molar-refractivity contribution is -0.124. The predicted molar refractivity (Wildman–Crippen MR) is 125 cm³/mol. The van der Waals surface area contributed by atoms with Crippen LogP contribution in [0.5, 0.6) is 11.5 Å². The van der Waals surface area contributed by atoms with Crippen molar-refractivity contribution < 1.29 is 14.3 Å². The number of pyridine rings is 1. The van der Waals surface area contributed by atoms with E-state index in [1.807, 2.05) is 42.6 Å². The molecule has 2 heterocycles. The highest BCUT2D eigenvalue weighted by Crippen LogP contribution is 2.28. The molecule has 0 spiro atoms. The maximum absolute atomic E-state index is 12.9. The van der Waals surface area contributed by atoms with Crippen LogP contribution >= 0.6 is 0 Å². The molecule has 1 aromatic heterocycles. The molecule has 32 heavy (non-hydrogen) atoms. The number of carbonyl (C=O) groups excluding carboxylic acids is 1. The summed E-state index contributed by atoms with van der Waals surface area (Å²) >= 11 is 0. The average Bonchev–Trinajstić information content (AvgIpc) is 3.01. The van der Waals surface area contributed by atoms with Crippen LogP contribution in [0.4, 0.5) is 0 Å². The largest absolute Gasteiger partial charge is 0.497 e. The fraction of sp³-hybridized carbons (Fsp3) is 0.308. The number of hydrogen-bond acceptors (Lipinski definition) is 5. The number of benzene rings is 2. The van der Waals surface area contributed by atoms with Gasteiger partial charge in [-0.2, -0.15) is 0 Å². The van der Waals surface area contributed by atoms with Gasteiger partial charge in [-0.25, -0.2) is 0 Å². The summed E-state index contributed by atoms with van der Waals surface area (Å²) in [7, 11) is 3.32. The minimum absolute atomic E-state index is 0.107. The summed E-state index contributed by atoms with van der Waals surface area (Å²) in [5, 5.41) is 3.09. The molecule has 1 aliphatic rings. The fourth-order valence-electron chi connectivity index (χ4n) is 4.26. The van der Waals surface area contributed by atoms with Crippen LogP contribution in [0.2, 0.25) is 0 Å². The summed E-state index contributed by atoms with van der Waals surface area (Å²) in [4.78, 5) is 19.5. The molecule has 4 rings (SSSR count). The first-order valence-corrected chi connectivity index (χ1v) is 10.9. The summed E-state index contributed by atoms with van der Waals surface area (Å²) in [6.45, 7) is 2.82. The maximum atomic E-state index is 12.9. The van der Waals surface area contributed by atoms with Crippen LogP contribution in [-0.4, -0.2) is 49.6 Å². The van der Waals surface area contributed by atoms with Crippen molar-refractivity contribution in [3.63, 3.8) is 0 Å². The average molecular weight is 432 g/mol. The SMILES string of the molecule is COc1ccc(CN2CCNC(=O)C(Cc3ccccc3-c3cccnc3)C2)c(OC)c1. The first-order valence-electron chi connectivity index (χ1n) is 10.9. The predicted octanol–water partition coefficient (Wildman–Crippen LogP) is 3.56. The van der Waals surface area contributed by atoms with E-state index >= 15 is 0 Å². The molecule has 1 amide bonds. The molecular formula is C26H29N3O3. The summed E-state index contributed by atoms with van der Waals surface area (Å²) in [5.74, 6) is 1.53. The molecule has 1 saturated heterocycles. The molecule has 3 aromatic rings. The molecule has 1 N–H and O–H groups in total. The van der Waals surface area contributed by atoms with Crippen molar-refractivity contribution >= 4 is 5.91 Å². The number of nitrogens with one attached hydrogen (secondary N) is 1. The second-order valence-corrected chi connectivity index (χ2v) is 8.00. The van der Waals surface area contributed by atoms with E-state index < -0.39 is 0 Å². The van der Waals surface area contributed by atoms with Gasteiger partial charge in [0.1, 0.15) is 11.5 Å². The van der Waals surface area contributed by atoms with E-state index in [9.17, 15) is 4.79 Å². The van der Waals surface area contributed by atoms with Gasteiger partial charge in [0.2, 0.25) is 5.91 Å². The fourth-order valence-corrected chi connectivity index (χ4v) is 4.26. The minimum Gasteiger partial charge on any atom is -0.497 e. The number of nitrogens with zero attached hydrogens (tertiary/aromatic N) is 2. The van der Waals surface area contributed by atoms with Gasteiger partial charge in [0, 0.05) is 55.8 Å². The van der Waals surface area contributed by atoms with E-state index in [-0.39, 0.29) is 11.8 Å². The second-order valence-electron chi connectivity index (χ2n) is 8.00. The Balaban J connectivity index is 1.54. The van der Waals surface area contributed by atoms with Crippen molar-refractivity contribution in [2.24, 2.45) is 5.92 Å². The van der Waals surface area contributed by atoms with Gasteiger partial charge in [-0.3, -0.25) is 14.7 Å². The van der Waals surface area contributed by atoms with Gasteiger partial charge >= 0.3 is 0 Å². The Labute approximate surface area is 189 Å². The van der Waals surface area contributed by atoms with Crippen molar-refractivity contribution in [1.82, 2.24) is 15.2 Å². The quantitative estimate of drug-likeness (QED) is 0.620. The third-order valence-electron chi connectivity index (χ3n) is 5.92. The molecule has 0 radical (unpaired) electrons. The summed E-state index contributed by atoms with van der Waals surface area (Å²) in [6, 6.07) is 18.1. The lowest BCUT2D eigenvalue weighted by Gasteiger charge is -2.24. The van der Waals surface area contributed by atoms with Crippen LogP contribution in [0.1, 0.15) is 11.1 Å². The van der Waals surface area contributed by atoms with Gasteiger partial charge in [0.15, 0.2) is 0 Å². The monoisotopic (exact) mass is 431 g/mol. The number of methoxy groups -OCH3 is 2. The van der Waals surface area contributed by atoms with Crippen LogP contribution in [0.15, 0.2) is 67.0 Å².